The first kappa shape index (κ1) is 21.6. The van der Waals surface area contributed by atoms with Crippen molar-refractivity contribution in [3.05, 3.63) is 35.5 Å². The number of rotatable bonds is 4. The summed E-state index contributed by atoms with van der Waals surface area (Å²) in [6, 6.07) is -0.711. The molecule has 3 fully saturated rings. The highest BCUT2D eigenvalue weighted by molar-refractivity contribution is 5.69. The minimum Gasteiger partial charge on any atom is -0.446 e. The summed E-state index contributed by atoms with van der Waals surface area (Å²) in [5.41, 5.74) is 9.24. The predicted molar refractivity (Wildman–Crippen MR) is 116 cm³/mol. The molecule has 0 aromatic rings. The lowest BCUT2D eigenvalue weighted by Crippen LogP contribution is -2.52. The average Bonchev–Trinajstić information content (AvgIpc) is 3.56. The SMILES string of the molecule is C=C(C)C1NC(=O)OC2CCC3(CO3)C(C3(C)OC3CC=C(C)C)C2C(C)=CC1N. The zero-order chi connectivity index (χ0) is 21.8. The van der Waals surface area contributed by atoms with Gasteiger partial charge in [0.25, 0.3) is 0 Å². The Morgan fingerprint density at radius 3 is 2.70 bits per heavy atom. The average molecular weight is 417 g/mol. The van der Waals surface area contributed by atoms with Gasteiger partial charge < -0.3 is 25.3 Å². The maximum atomic E-state index is 12.7. The Morgan fingerprint density at radius 2 is 2.10 bits per heavy atom. The number of epoxide rings is 2. The number of carbonyl (C=O) groups excluding carboxylic acids is 1. The van der Waals surface area contributed by atoms with Gasteiger partial charge in [-0.1, -0.05) is 35.5 Å². The fourth-order valence-electron chi connectivity index (χ4n) is 5.78. The number of fused-ring (bicyclic) bond motifs is 1. The second kappa shape index (κ2) is 7.50. The number of amides is 1. The summed E-state index contributed by atoms with van der Waals surface area (Å²) in [5, 5.41) is 2.91. The van der Waals surface area contributed by atoms with Crippen LogP contribution in [0.3, 0.4) is 0 Å². The third-order valence-electron chi connectivity index (χ3n) is 7.46. The van der Waals surface area contributed by atoms with Crippen LogP contribution in [-0.2, 0) is 14.2 Å². The van der Waals surface area contributed by atoms with Crippen LogP contribution in [0.4, 0.5) is 4.79 Å². The minimum absolute atomic E-state index is 0.0172. The highest BCUT2D eigenvalue weighted by Gasteiger charge is 2.72. The molecule has 1 aliphatic carbocycles. The molecule has 30 heavy (non-hydrogen) atoms. The number of hydrogen-bond donors (Lipinski definition) is 2. The highest BCUT2D eigenvalue weighted by Crippen LogP contribution is 2.62. The summed E-state index contributed by atoms with van der Waals surface area (Å²) >= 11 is 0. The molecule has 0 bridgehead atoms. The van der Waals surface area contributed by atoms with Crippen LogP contribution in [0.2, 0.25) is 0 Å². The zero-order valence-electron chi connectivity index (χ0n) is 18.9. The van der Waals surface area contributed by atoms with Crippen molar-refractivity contribution < 1.29 is 19.0 Å². The second-order valence-corrected chi connectivity index (χ2v) is 10.1. The van der Waals surface area contributed by atoms with Gasteiger partial charge in [0, 0.05) is 17.9 Å². The van der Waals surface area contributed by atoms with Crippen LogP contribution in [0.5, 0.6) is 0 Å². The molecule has 6 heteroatoms. The molecule has 166 valence electrons. The summed E-state index contributed by atoms with van der Waals surface area (Å²) < 4.78 is 18.4. The first-order chi connectivity index (χ1) is 14.1. The van der Waals surface area contributed by atoms with Gasteiger partial charge in [-0.05, 0) is 53.9 Å². The quantitative estimate of drug-likeness (QED) is 0.540. The second-order valence-electron chi connectivity index (χ2n) is 10.1. The summed E-state index contributed by atoms with van der Waals surface area (Å²) in [6.45, 7) is 15.1. The monoisotopic (exact) mass is 416 g/mol. The molecule has 8 unspecified atom stereocenters. The topological polar surface area (TPSA) is 89.4 Å². The Morgan fingerprint density at radius 1 is 1.40 bits per heavy atom. The van der Waals surface area contributed by atoms with Crippen molar-refractivity contribution in [3.8, 4) is 0 Å². The smallest absolute Gasteiger partial charge is 0.407 e. The first-order valence-electron chi connectivity index (χ1n) is 11.1. The normalized spacial score (nSPS) is 45.0. The lowest BCUT2D eigenvalue weighted by atomic mass is 9.61. The van der Waals surface area contributed by atoms with Crippen molar-refractivity contribution in [2.75, 3.05) is 6.61 Å². The molecule has 0 aromatic heterocycles. The van der Waals surface area contributed by atoms with E-state index in [4.69, 9.17) is 19.9 Å². The van der Waals surface area contributed by atoms with Crippen LogP contribution in [0.15, 0.2) is 35.5 Å². The van der Waals surface area contributed by atoms with Crippen molar-refractivity contribution in [1.29, 1.82) is 0 Å². The van der Waals surface area contributed by atoms with E-state index < -0.39 is 6.09 Å². The van der Waals surface area contributed by atoms with Crippen LogP contribution in [0, 0.1) is 11.8 Å². The zero-order valence-corrected chi connectivity index (χ0v) is 18.9. The van der Waals surface area contributed by atoms with Gasteiger partial charge in [-0.3, -0.25) is 0 Å². The molecule has 3 aliphatic heterocycles. The third kappa shape index (κ3) is 3.74. The maximum absolute atomic E-state index is 12.7. The minimum atomic E-state index is -0.425. The largest absolute Gasteiger partial charge is 0.446 e. The fourth-order valence-corrected chi connectivity index (χ4v) is 5.78. The molecule has 2 saturated heterocycles. The van der Waals surface area contributed by atoms with E-state index in [9.17, 15) is 4.79 Å². The summed E-state index contributed by atoms with van der Waals surface area (Å²) in [7, 11) is 0. The number of ether oxygens (including phenoxy) is 3. The van der Waals surface area contributed by atoms with Gasteiger partial charge in [0.15, 0.2) is 0 Å². The van der Waals surface area contributed by atoms with E-state index in [2.05, 4.69) is 51.7 Å². The van der Waals surface area contributed by atoms with Gasteiger partial charge >= 0.3 is 6.09 Å². The van der Waals surface area contributed by atoms with Crippen molar-refractivity contribution in [2.45, 2.75) is 89.4 Å². The van der Waals surface area contributed by atoms with Gasteiger partial charge in [0.05, 0.1) is 30.0 Å². The van der Waals surface area contributed by atoms with Crippen molar-refractivity contribution >= 4 is 6.09 Å². The number of allylic oxidation sites excluding steroid dienone is 1. The molecular weight excluding hydrogens is 380 g/mol. The summed E-state index contributed by atoms with van der Waals surface area (Å²) in [4.78, 5) is 12.7. The molecule has 3 N–H and O–H groups in total. The van der Waals surface area contributed by atoms with E-state index >= 15 is 0 Å². The van der Waals surface area contributed by atoms with Gasteiger partial charge in [0.1, 0.15) is 6.10 Å². The van der Waals surface area contributed by atoms with Crippen LogP contribution >= 0.6 is 0 Å². The maximum Gasteiger partial charge on any atom is 0.407 e. The van der Waals surface area contributed by atoms with Gasteiger partial charge in [-0.2, -0.15) is 0 Å². The highest BCUT2D eigenvalue weighted by atomic mass is 16.6. The lowest BCUT2D eigenvalue weighted by Gasteiger charge is -2.44. The molecule has 1 amide bonds. The van der Waals surface area contributed by atoms with E-state index in [0.29, 0.717) is 0 Å². The fraction of sp³-hybridized carbons (Fsp3) is 0.708. The molecule has 8 atom stereocenters. The number of alkyl carbamates (subject to hydrolysis) is 1. The Kier molecular flexibility index (Phi) is 5.40. The number of hydrogen-bond acceptors (Lipinski definition) is 5. The Labute approximate surface area is 179 Å². The van der Waals surface area contributed by atoms with Crippen LogP contribution in [0.1, 0.15) is 53.9 Å². The number of nitrogens with two attached hydrogens (primary N) is 1. The van der Waals surface area contributed by atoms with Gasteiger partial charge in [0.2, 0.25) is 0 Å². The molecule has 3 heterocycles. The third-order valence-corrected chi connectivity index (χ3v) is 7.46. The molecule has 1 saturated carbocycles. The van der Waals surface area contributed by atoms with E-state index in [-0.39, 0.29) is 47.3 Å². The Balaban J connectivity index is 1.69. The molecular formula is C24H36N2O4. The van der Waals surface area contributed by atoms with Crippen LogP contribution in [0.25, 0.3) is 0 Å². The Hall–Kier alpha value is -1.63. The van der Waals surface area contributed by atoms with Crippen molar-refractivity contribution in [1.82, 2.24) is 5.32 Å². The molecule has 0 aromatic carbocycles. The summed E-state index contributed by atoms with van der Waals surface area (Å²) in [6.07, 6.45) is 6.38. The number of carbonyl (C=O) groups is 1. The van der Waals surface area contributed by atoms with E-state index in [1.807, 2.05) is 6.92 Å². The van der Waals surface area contributed by atoms with Crippen LogP contribution in [-0.4, -0.2) is 48.2 Å². The van der Waals surface area contributed by atoms with E-state index in [1.54, 1.807) is 0 Å². The van der Waals surface area contributed by atoms with Gasteiger partial charge in [-0.25, -0.2) is 4.79 Å². The molecule has 1 spiro atoms. The van der Waals surface area contributed by atoms with Gasteiger partial charge in [-0.15, -0.1) is 0 Å². The standard InChI is InChI=1S/C24H36N2O4/c1-13(2)7-8-18-23(6,30-18)21-19-15(5)11-16(25)20(14(3)4)26-22(27)29-17(19)9-10-24(21)12-28-24/h7,11,16-21H,3,8-10,12,25H2,1-2,4-6H3,(H,26,27). The molecule has 0 radical (unpaired) electrons. The van der Waals surface area contributed by atoms with E-state index in [1.165, 1.54) is 5.57 Å². The lowest BCUT2D eigenvalue weighted by molar-refractivity contribution is -0.0350. The molecule has 6 nitrogen and oxygen atoms in total. The van der Waals surface area contributed by atoms with Crippen LogP contribution < -0.4 is 11.1 Å². The first-order valence-corrected chi connectivity index (χ1v) is 11.1. The summed E-state index contributed by atoms with van der Waals surface area (Å²) in [5.74, 6) is 0.139. The molecule has 4 aliphatic rings. The van der Waals surface area contributed by atoms with Crippen molar-refractivity contribution in [2.24, 2.45) is 17.6 Å². The Bertz CT molecular complexity index is 795. The van der Waals surface area contributed by atoms with E-state index in [0.717, 1.165) is 37.0 Å². The number of nitrogens with one attached hydrogen (secondary N) is 1. The molecule has 4 rings (SSSR count). The van der Waals surface area contributed by atoms with Crippen molar-refractivity contribution in [3.63, 3.8) is 0 Å². The predicted octanol–water partition coefficient (Wildman–Crippen LogP) is 3.62.